The molecule has 1 amide bonds. The summed E-state index contributed by atoms with van der Waals surface area (Å²) in [5.74, 6) is 0.308. The number of rotatable bonds is 6. The summed E-state index contributed by atoms with van der Waals surface area (Å²) in [6.45, 7) is 2.83. The fourth-order valence-electron chi connectivity index (χ4n) is 2.12. The molecule has 0 fully saturated rings. The van der Waals surface area contributed by atoms with Gasteiger partial charge >= 0.3 is 0 Å². The van der Waals surface area contributed by atoms with Crippen LogP contribution in [0.2, 0.25) is 0 Å². The van der Waals surface area contributed by atoms with Crippen LogP contribution in [0, 0.1) is 0 Å². The van der Waals surface area contributed by atoms with Crippen molar-refractivity contribution in [2.24, 2.45) is 0 Å². The molecule has 1 unspecified atom stereocenters. The third-order valence-electron chi connectivity index (χ3n) is 3.26. The number of imidazole rings is 1. The molecule has 8 nitrogen and oxygen atoms in total. The van der Waals surface area contributed by atoms with Crippen LogP contribution in [0.25, 0.3) is 11.0 Å². The monoisotopic (exact) mass is 299 g/mol. The molecule has 8 heteroatoms. The largest absolute Gasteiger partial charge is 0.324 e. The Labute approximate surface area is 127 Å². The topological polar surface area (TPSA) is 101 Å². The van der Waals surface area contributed by atoms with Crippen LogP contribution < -0.4 is 10.6 Å². The highest BCUT2D eigenvalue weighted by atomic mass is 16.2. The molecule has 22 heavy (non-hydrogen) atoms. The smallest absolute Gasteiger partial charge is 0.240 e. The van der Waals surface area contributed by atoms with E-state index < -0.39 is 0 Å². The first kappa shape index (κ1) is 14.2. The van der Waals surface area contributed by atoms with Crippen LogP contribution in [-0.4, -0.2) is 43.7 Å². The van der Waals surface area contributed by atoms with E-state index in [0.29, 0.717) is 12.5 Å². The van der Waals surface area contributed by atoms with E-state index in [0.717, 1.165) is 11.0 Å². The summed E-state index contributed by atoms with van der Waals surface area (Å²) in [4.78, 5) is 23.1. The normalized spacial score (nSPS) is 12.4. The number of anilines is 1. The number of aromatic nitrogens is 5. The van der Waals surface area contributed by atoms with Gasteiger partial charge in [-0.15, -0.1) is 0 Å². The number of aromatic amines is 1. The van der Waals surface area contributed by atoms with Crippen molar-refractivity contribution in [1.82, 2.24) is 30.0 Å². The second-order valence-electron chi connectivity index (χ2n) is 5.01. The Bertz CT molecular complexity index is 716. The Hall–Kier alpha value is -2.74. The zero-order valence-corrected chi connectivity index (χ0v) is 12.2. The number of carbonyl (C=O) groups is 1. The Morgan fingerprint density at radius 1 is 1.41 bits per heavy atom. The van der Waals surface area contributed by atoms with Crippen molar-refractivity contribution in [3.05, 3.63) is 36.9 Å². The number of benzene rings is 1. The fourth-order valence-corrected chi connectivity index (χ4v) is 2.12. The quantitative estimate of drug-likeness (QED) is 0.629. The van der Waals surface area contributed by atoms with Crippen molar-refractivity contribution in [2.45, 2.75) is 13.0 Å². The molecule has 0 saturated carbocycles. The molecule has 0 saturated heterocycles. The van der Waals surface area contributed by atoms with E-state index in [9.17, 15) is 4.79 Å². The van der Waals surface area contributed by atoms with Crippen LogP contribution in [0.3, 0.4) is 0 Å². The number of hydrogen-bond donors (Lipinski definition) is 3. The van der Waals surface area contributed by atoms with Crippen molar-refractivity contribution in [1.29, 1.82) is 0 Å². The number of H-pyrrole nitrogens is 1. The third-order valence-corrected chi connectivity index (χ3v) is 3.26. The SMILES string of the molecule is CC(CNCC(=O)Nc1nc2ccccc2[nH]1)n1cncn1. The van der Waals surface area contributed by atoms with Crippen molar-refractivity contribution in [3.8, 4) is 0 Å². The van der Waals surface area contributed by atoms with Gasteiger partial charge in [-0.1, -0.05) is 12.1 Å². The van der Waals surface area contributed by atoms with Crippen LogP contribution in [0.1, 0.15) is 13.0 Å². The van der Waals surface area contributed by atoms with Gasteiger partial charge < -0.3 is 10.3 Å². The van der Waals surface area contributed by atoms with Gasteiger partial charge in [-0.25, -0.2) is 14.6 Å². The number of nitrogens with one attached hydrogen (secondary N) is 3. The molecule has 114 valence electrons. The Morgan fingerprint density at radius 3 is 3.05 bits per heavy atom. The predicted octanol–water partition coefficient (Wildman–Crippen LogP) is 0.944. The molecule has 0 aliphatic rings. The highest BCUT2D eigenvalue weighted by Gasteiger charge is 2.08. The van der Waals surface area contributed by atoms with E-state index in [-0.39, 0.29) is 18.5 Å². The van der Waals surface area contributed by atoms with Crippen LogP contribution >= 0.6 is 0 Å². The third kappa shape index (κ3) is 3.29. The minimum Gasteiger partial charge on any atom is -0.324 e. The van der Waals surface area contributed by atoms with E-state index in [1.165, 1.54) is 6.33 Å². The molecule has 3 aromatic rings. The molecule has 0 aliphatic carbocycles. The van der Waals surface area contributed by atoms with Crippen LogP contribution in [-0.2, 0) is 4.79 Å². The summed E-state index contributed by atoms with van der Waals surface area (Å²) in [5, 5.41) is 9.88. The molecule has 0 spiro atoms. The van der Waals surface area contributed by atoms with E-state index in [1.807, 2.05) is 31.2 Å². The van der Waals surface area contributed by atoms with Crippen molar-refractivity contribution in [2.75, 3.05) is 18.4 Å². The zero-order valence-electron chi connectivity index (χ0n) is 12.2. The molecule has 0 aliphatic heterocycles. The van der Waals surface area contributed by atoms with E-state index in [4.69, 9.17) is 0 Å². The first-order valence-corrected chi connectivity index (χ1v) is 7.02. The Kier molecular flexibility index (Phi) is 4.10. The van der Waals surface area contributed by atoms with Gasteiger partial charge in [-0.3, -0.25) is 10.1 Å². The highest BCUT2D eigenvalue weighted by Crippen LogP contribution is 2.12. The van der Waals surface area contributed by atoms with Crippen LogP contribution in [0.15, 0.2) is 36.9 Å². The number of carbonyl (C=O) groups excluding carboxylic acids is 1. The van der Waals surface area contributed by atoms with E-state index in [2.05, 4.69) is 30.7 Å². The number of para-hydroxylation sites is 2. The molecular weight excluding hydrogens is 282 g/mol. The summed E-state index contributed by atoms with van der Waals surface area (Å²) in [6.07, 6.45) is 3.14. The summed E-state index contributed by atoms with van der Waals surface area (Å²) in [6, 6.07) is 7.75. The fraction of sp³-hybridized carbons (Fsp3) is 0.286. The average molecular weight is 299 g/mol. The summed E-state index contributed by atoms with van der Waals surface area (Å²) >= 11 is 0. The zero-order chi connectivity index (χ0) is 15.4. The number of amides is 1. The standard InChI is InChI=1S/C14H17N7O/c1-10(21-9-16-8-17-21)6-15-7-13(22)20-14-18-11-4-2-3-5-12(11)19-14/h2-5,8-10,15H,6-7H2,1H3,(H2,18,19,20,22). The second kappa shape index (κ2) is 6.35. The maximum atomic E-state index is 11.9. The predicted molar refractivity (Wildman–Crippen MR) is 82.3 cm³/mol. The minimum absolute atomic E-state index is 0.126. The van der Waals surface area contributed by atoms with Crippen LogP contribution in [0.4, 0.5) is 5.95 Å². The Balaban J connectivity index is 1.48. The maximum absolute atomic E-state index is 11.9. The number of fused-ring (bicyclic) bond motifs is 1. The van der Waals surface area contributed by atoms with Crippen molar-refractivity contribution in [3.63, 3.8) is 0 Å². The molecule has 0 radical (unpaired) electrons. The average Bonchev–Trinajstić information content (AvgIpc) is 3.15. The van der Waals surface area contributed by atoms with Gasteiger partial charge in [0.15, 0.2) is 0 Å². The lowest BCUT2D eigenvalue weighted by molar-refractivity contribution is -0.115. The lowest BCUT2D eigenvalue weighted by Crippen LogP contribution is -2.32. The summed E-state index contributed by atoms with van der Waals surface area (Å²) in [5.41, 5.74) is 1.72. The second-order valence-corrected chi connectivity index (χ2v) is 5.01. The van der Waals surface area contributed by atoms with Gasteiger partial charge in [0.2, 0.25) is 11.9 Å². The van der Waals surface area contributed by atoms with E-state index >= 15 is 0 Å². The molecule has 2 aromatic heterocycles. The van der Waals surface area contributed by atoms with Gasteiger partial charge in [0.05, 0.1) is 23.6 Å². The van der Waals surface area contributed by atoms with Gasteiger partial charge in [0.1, 0.15) is 12.7 Å². The van der Waals surface area contributed by atoms with Gasteiger partial charge in [0.25, 0.3) is 0 Å². The number of nitrogens with zero attached hydrogens (tertiary/aromatic N) is 4. The molecular formula is C14H17N7O. The van der Waals surface area contributed by atoms with Crippen molar-refractivity contribution >= 4 is 22.9 Å². The van der Waals surface area contributed by atoms with Crippen LogP contribution in [0.5, 0.6) is 0 Å². The number of hydrogen-bond acceptors (Lipinski definition) is 5. The molecule has 3 N–H and O–H groups in total. The van der Waals surface area contributed by atoms with Gasteiger partial charge in [-0.2, -0.15) is 5.10 Å². The summed E-state index contributed by atoms with van der Waals surface area (Å²) < 4.78 is 1.74. The van der Waals surface area contributed by atoms with Crippen molar-refractivity contribution < 1.29 is 4.79 Å². The molecule has 2 heterocycles. The lowest BCUT2D eigenvalue weighted by atomic mass is 10.3. The minimum atomic E-state index is -0.148. The van der Waals surface area contributed by atoms with E-state index in [1.54, 1.807) is 11.0 Å². The maximum Gasteiger partial charge on any atom is 0.240 e. The first-order valence-electron chi connectivity index (χ1n) is 7.02. The Morgan fingerprint density at radius 2 is 2.27 bits per heavy atom. The molecule has 0 bridgehead atoms. The molecule has 1 aromatic carbocycles. The van der Waals surface area contributed by atoms with Gasteiger partial charge in [-0.05, 0) is 19.1 Å². The highest BCUT2D eigenvalue weighted by molar-refractivity contribution is 5.92. The van der Waals surface area contributed by atoms with Gasteiger partial charge in [0, 0.05) is 6.54 Å². The lowest BCUT2D eigenvalue weighted by Gasteiger charge is -2.12. The molecule has 3 rings (SSSR count). The molecule has 1 atom stereocenters. The first-order chi connectivity index (χ1) is 10.7. The summed E-state index contributed by atoms with van der Waals surface area (Å²) in [7, 11) is 0.